The Balaban J connectivity index is 2.63. The second-order valence-electron chi connectivity index (χ2n) is 3.23. The third kappa shape index (κ3) is 4.30. The summed E-state index contributed by atoms with van der Waals surface area (Å²) in [6.45, 7) is 3.44. The largest absolute Gasteiger partial charge is 0.288 e. The first-order valence-electron chi connectivity index (χ1n) is 4.65. The number of aryl methyl sites for hydroxylation is 1. The van der Waals surface area contributed by atoms with Crippen molar-refractivity contribution >= 4 is 23.0 Å². The van der Waals surface area contributed by atoms with Crippen molar-refractivity contribution in [2.24, 2.45) is 0 Å². The van der Waals surface area contributed by atoms with Crippen LogP contribution >= 0.6 is 11.8 Å². The van der Waals surface area contributed by atoms with Gasteiger partial charge in [0.15, 0.2) is 5.12 Å². The summed E-state index contributed by atoms with van der Waals surface area (Å²) >= 11 is 1.21. The molecule has 0 spiro atoms. The molecule has 0 aliphatic heterocycles. The van der Waals surface area contributed by atoms with Crippen LogP contribution in [0.5, 0.6) is 0 Å². The van der Waals surface area contributed by atoms with E-state index in [0.717, 1.165) is 5.56 Å². The average molecular weight is 224 g/mol. The van der Waals surface area contributed by atoms with Gasteiger partial charge in [0.1, 0.15) is 5.82 Å². The van der Waals surface area contributed by atoms with Crippen LogP contribution in [0.1, 0.15) is 18.1 Å². The van der Waals surface area contributed by atoms with Crippen LogP contribution in [0.3, 0.4) is 0 Å². The fourth-order valence-electron chi connectivity index (χ4n) is 1.13. The molecule has 0 bridgehead atoms. The molecule has 1 nitrogen and oxygen atoms in total. The number of carbonyl (C=O) groups excluding carboxylic acids is 1. The molecule has 0 unspecified atom stereocenters. The molecule has 1 aromatic carbocycles. The molecule has 0 fully saturated rings. The summed E-state index contributed by atoms with van der Waals surface area (Å²) in [6.07, 6.45) is 3.50. The molecule has 0 saturated heterocycles. The molecule has 3 heteroatoms. The van der Waals surface area contributed by atoms with Crippen LogP contribution in [0.25, 0.3) is 6.08 Å². The number of hydrogen-bond donors (Lipinski definition) is 0. The van der Waals surface area contributed by atoms with Gasteiger partial charge in [-0.05, 0) is 19.1 Å². The topological polar surface area (TPSA) is 17.1 Å². The second kappa shape index (κ2) is 5.71. The second-order valence-corrected chi connectivity index (χ2v) is 4.43. The summed E-state index contributed by atoms with van der Waals surface area (Å²) < 4.78 is 13.2. The number of hydrogen-bond acceptors (Lipinski definition) is 2. The predicted octanol–water partition coefficient (Wildman–Crippen LogP) is 3.43. The summed E-state index contributed by atoms with van der Waals surface area (Å²) in [5.74, 6) is 0.354. The normalized spacial score (nSPS) is 10.9. The van der Waals surface area contributed by atoms with E-state index in [2.05, 4.69) is 0 Å². The first-order valence-corrected chi connectivity index (χ1v) is 5.64. The van der Waals surface area contributed by atoms with Crippen molar-refractivity contribution in [2.45, 2.75) is 13.8 Å². The van der Waals surface area contributed by atoms with Gasteiger partial charge in [0.25, 0.3) is 0 Å². The number of thioether (sulfide) groups is 1. The average Bonchev–Trinajstić information content (AvgIpc) is 2.17. The summed E-state index contributed by atoms with van der Waals surface area (Å²) in [6, 6.07) is 4.97. The van der Waals surface area contributed by atoms with E-state index >= 15 is 0 Å². The van der Waals surface area contributed by atoms with E-state index in [1.54, 1.807) is 24.3 Å². The van der Waals surface area contributed by atoms with E-state index in [-0.39, 0.29) is 10.9 Å². The molecule has 0 heterocycles. The molecule has 0 aromatic heterocycles. The van der Waals surface area contributed by atoms with Gasteiger partial charge >= 0.3 is 0 Å². The van der Waals surface area contributed by atoms with Crippen LogP contribution in [0, 0.1) is 12.7 Å². The monoisotopic (exact) mass is 224 g/mol. The number of benzene rings is 1. The van der Waals surface area contributed by atoms with Crippen molar-refractivity contribution in [1.82, 2.24) is 0 Å². The van der Waals surface area contributed by atoms with Crippen LogP contribution in [0.2, 0.25) is 0 Å². The SMILES string of the molecule is CC(=O)SCC=Cc1cc(C)ccc1F. The van der Waals surface area contributed by atoms with Crippen LogP contribution in [0.4, 0.5) is 4.39 Å². The maximum absolute atomic E-state index is 13.2. The van der Waals surface area contributed by atoms with Gasteiger partial charge in [0, 0.05) is 18.2 Å². The van der Waals surface area contributed by atoms with E-state index in [4.69, 9.17) is 0 Å². The van der Waals surface area contributed by atoms with Crippen LogP contribution in [-0.2, 0) is 4.79 Å². The lowest BCUT2D eigenvalue weighted by Crippen LogP contribution is -1.85. The molecular weight excluding hydrogens is 211 g/mol. The fraction of sp³-hybridized carbons (Fsp3) is 0.250. The summed E-state index contributed by atoms with van der Waals surface area (Å²) in [5.41, 5.74) is 1.59. The van der Waals surface area contributed by atoms with Crippen LogP contribution in [-0.4, -0.2) is 10.9 Å². The Morgan fingerprint density at radius 2 is 2.27 bits per heavy atom. The molecule has 0 amide bonds. The van der Waals surface area contributed by atoms with Gasteiger partial charge in [-0.25, -0.2) is 4.39 Å². The van der Waals surface area contributed by atoms with Crippen molar-refractivity contribution in [1.29, 1.82) is 0 Å². The summed E-state index contributed by atoms with van der Waals surface area (Å²) in [4.78, 5) is 10.6. The first-order chi connectivity index (χ1) is 7.09. The highest BCUT2D eigenvalue weighted by Gasteiger charge is 1.97. The Kier molecular flexibility index (Phi) is 4.56. The molecule has 1 aromatic rings. The van der Waals surface area contributed by atoms with Gasteiger partial charge in [0.05, 0.1) is 0 Å². The molecule has 1 rings (SSSR count). The minimum absolute atomic E-state index is 0.0735. The number of rotatable bonds is 3. The van der Waals surface area contributed by atoms with E-state index in [9.17, 15) is 9.18 Å². The van der Waals surface area contributed by atoms with E-state index in [1.165, 1.54) is 24.8 Å². The zero-order chi connectivity index (χ0) is 11.3. The molecular formula is C12H13FOS. The van der Waals surface area contributed by atoms with Crippen molar-refractivity contribution < 1.29 is 9.18 Å². The third-order valence-electron chi connectivity index (χ3n) is 1.83. The molecule has 0 N–H and O–H groups in total. The molecule has 0 saturated carbocycles. The Morgan fingerprint density at radius 3 is 2.93 bits per heavy atom. The highest BCUT2D eigenvalue weighted by molar-refractivity contribution is 8.13. The lowest BCUT2D eigenvalue weighted by atomic mass is 10.1. The highest BCUT2D eigenvalue weighted by atomic mass is 32.2. The quantitative estimate of drug-likeness (QED) is 0.782. The molecule has 80 valence electrons. The minimum atomic E-state index is -0.232. The van der Waals surface area contributed by atoms with Crippen molar-refractivity contribution in [3.05, 3.63) is 41.2 Å². The van der Waals surface area contributed by atoms with E-state index in [1.807, 2.05) is 6.92 Å². The Hall–Kier alpha value is -1.09. The van der Waals surface area contributed by atoms with Gasteiger partial charge in [-0.15, -0.1) is 0 Å². The van der Waals surface area contributed by atoms with Crippen molar-refractivity contribution in [3.63, 3.8) is 0 Å². The predicted molar refractivity (Wildman–Crippen MR) is 63.3 cm³/mol. The van der Waals surface area contributed by atoms with Crippen molar-refractivity contribution in [2.75, 3.05) is 5.75 Å². The Morgan fingerprint density at radius 1 is 1.53 bits per heavy atom. The van der Waals surface area contributed by atoms with Gasteiger partial charge in [-0.3, -0.25) is 4.79 Å². The lowest BCUT2D eigenvalue weighted by Gasteiger charge is -1.98. The van der Waals surface area contributed by atoms with Gasteiger partial charge in [-0.2, -0.15) is 0 Å². The summed E-state index contributed by atoms with van der Waals surface area (Å²) in [7, 11) is 0. The molecule has 15 heavy (non-hydrogen) atoms. The number of halogens is 1. The molecule has 0 aliphatic rings. The first kappa shape index (κ1) is 12.0. The van der Waals surface area contributed by atoms with Gasteiger partial charge in [-0.1, -0.05) is 35.5 Å². The van der Waals surface area contributed by atoms with Crippen LogP contribution < -0.4 is 0 Å². The lowest BCUT2D eigenvalue weighted by molar-refractivity contribution is -0.109. The maximum Gasteiger partial charge on any atom is 0.186 e. The smallest absolute Gasteiger partial charge is 0.186 e. The van der Waals surface area contributed by atoms with Crippen LogP contribution in [0.15, 0.2) is 24.3 Å². The zero-order valence-corrected chi connectivity index (χ0v) is 9.60. The third-order valence-corrected chi connectivity index (χ3v) is 2.60. The van der Waals surface area contributed by atoms with Gasteiger partial charge < -0.3 is 0 Å². The molecule has 0 atom stereocenters. The fourth-order valence-corrected chi connectivity index (χ4v) is 1.56. The number of carbonyl (C=O) groups is 1. The standard InChI is InChI=1S/C12H13FOS/c1-9-5-6-12(13)11(8-9)4-3-7-15-10(2)14/h3-6,8H,7H2,1-2H3. The molecule has 0 aliphatic carbocycles. The van der Waals surface area contributed by atoms with Gasteiger partial charge in [0.2, 0.25) is 0 Å². The summed E-state index contributed by atoms with van der Waals surface area (Å²) in [5, 5.41) is 0.0735. The van der Waals surface area contributed by atoms with E-state index in [0.29, 0.717) is 11.3 Å². The Labute approximate surface area is 93.4 Å². The Bertz CT molecular complexity index is 385. The highest BCUT2D eigenvalue weighted by Crippen LogP contribution is 2.12. The molecule has 0 radical (unpaired) electrons. The van der Waals surface area contributed by atoms with Crippen molar-refractivity contribution in [3.8, 4) is 0 Å². The van der Waals surface area contributed by atoms with E-state index < -0.39 is 0 Å². The zero-order valence-electron chi connectivity index (χ0n) is 8.79. The minimum Gasteiger partial charge on any atom is -0.288 e. The maximum atomic E-state index is 13.2.